The number of amides is 2. The molecule has 2 amide bonds. The third-order valence-corrected chi connectivity index (χ3v) is 8.78. The Kier molecular flexibility index (Phi) is 8.74. The van der Waals surface area contributed by atoms with E-state index >= 15 is 0 Å². The van der Waals surface area contributed by atoms with Gasteiger partial charge in [0.05, 0.1) is 23.9 Å². The lowest BCUT2D eigenvalue weighted by molar-refractivity contribution is -0.128. The lowest BCUT2D eigenvalue weighted by Gasteiger charge is -2.22. The second kappa shape index (κ2) is 11.4. The number of hydrogen-bond donors (Lipinski definition) is 2. The van der Waals surface area contributed by atoms with Gasteiger partial charge in [0.2, 0.25) is 5.91 Å². The molecular formula is C21H26N4O7S3. The second-order valence-corrected chi connectivity index (χ2v) is 13.1. The molecule has 1 aliphatic rings. The number of pyridine rings is 1. The first-order chi connectivity index (χ1) is 16.5. The Morgan fingerprint density at radius 1 is 1.23 bits per heavy atom. The number of nitrogens with one attached hydrogen (secondary N) is 2. The van der Waals surface area contributed by atoms with Gasteiger partial charge in [0, 0.05) is 24.4 Å². The fourth-order valence-electron chi connectivity index (χ4n) is 3.49. The third-order valence-electron chi connectivity index (χ3n) is 5.36. The molecule has 2 atom stereocenters. The Morgan fingerprint density at radius 3 is 2.63 bits per heavy atom. The molecule has 0 saturated carbocycles. The first-order valence-corrected chi connectivity index (χ1v) is 15.2. The van der Waals surface area contributed by atoms with Gasteiger partial charge < -0.3 is 10.6 Å². The third kappa shape index (κ3) is 7.40. The van der Waals surface area contributed by atoms with Crippen molar-refractivity contribution in [2.75, 3.05) is 25.1 Å². The number of ketones is 1. The van der Waals surface area contributed by atoms with Gasteiger partial charge in [-0.25, -0.2) is 21.8 Å². The molecule has 1 unspecified atom stereocenters. The maximum Gasteiger partial charge on any atom is 0.260 e. The topological polar surface area (TPSA) is 160 Å². The summed E-state index contributed by atoms with van der Waals surface area (Å²) in [7, 11) is -7.40. The summed E-state index contributed by atoms with van der Waals surface area (Å²) >= 11 is 1.29. The van der Waals surface area contributed by atoms with Gasteiger partial charge in [-0.2, -0.15) is 15.6 Å². The molecule has 35 heavy (non-hydrogen) atoms. The van der Waals surface area contributed by atoms with Crippen molar-refractivity contribution in [1.29, 1.82) is 0 Å². The summed E-state index contributed by atoms with van der Waals surface area (Å²) in [5.41, 5.74) is 0.327. The highest BCUT2D eigenvalue weighted by molar-refractivity contribution is 7.90. The van der Waals surface area contributed by atoms with Crippen LogP contribution in [0.2, 0.25) is 0 Å². The van der Waals surface area contributed by atoms with Crippen molar-refractivity contribution in [2.24, 2.45) is 0 Å². The number of Topliss-reactive ketones (excluding diaryl/α,β-unsaturated/α-hetero) is 1. The number of carbonyl (C=O) groups is 3. The van der Waals surface area contributed by atoms with Gasteiger partial charge in [-0.1, -0.05) is 6.07 Å². The van der Waals surface area contributed by atoms with Gasteiger partial charge >= 0.3 is 0 Å². The van der Waals surface area contributed by atoms with E-state index in [-0.39, 0.29) is 30.2 Å². The number of nitrogens with zero attached hydrogens (tertiary/aromatic N) is 2. The summed E-state index contributed by atoms with van der Waals surface area (Å²) in [5, 5.41) is 8.21. The van der Waals surface area contributed by atoms with E-state index in [1.54, 1.807) is 22.9 Å². The molecular weight excluding hydrogens is 516 g/mol. The van der Waals surface area contributed by atoms with Crippen molar-refractivity contribution >= 4 is 48.8 Å². The van der Waals surface area contributed by atoms with Gasteiger partial charge in [0.1, 0.15) is 15.9 Å². The van der Waals surface area contributed by atoms with Crippen molar-refractivity contribution in [2.45, 2.75) is 36.4 Å². The Morgan fingerprint density at radius 2 is 2.00 bits per heavy atom. The highest BCUT2D eigenvalue weighted by Crippen LogP contribution is 2.18. The molecule has 1 saturated heterocycles. The fourth-order valence-corrected chi connectivity index (χ4v) is 6.17. The van der Waals surface area contributed by atoms with Crippen LogP contribution in [0.4, 0.5) is 0 Å². The number of carbonyl (C=O) groups excluding carboxylic acids is 3. The quantitative estimate of drug-likeness (QED) is 0.455. The van der Waals surface area contributed by atoms with Gasteiger partial charge in [0.15, 0.2) is 10.8 Å². The highest BCUT2D eigenvalue weighted by Gasteiger charge is 2.34. The van der Waals surface area contributed by atoms with Crippen molar-refractivity contribution in [1.82, 2.24) is 19.9 Å². The average Bonchev–Trinajstić information content (AvgIpc) is 3.28. The molecule has 14 heteroatoms. The number of sulfone groups is 1. The summed E-state index contributed by atoms with van der Waals surface area (Å²) < 4.78 is 50.0. The minimum atomic E-state index is -3.99. The second-order valence-electron chi connectivity index (χ2n) is 8.13. The SMILES string of the molecule is CS(=O)(=O)CC[C@H](NC(=O)c1ccsc1)C(=O)NC1CCCN(S(=O)(=O)c2ccccn2)CC1=O. The van der Waals surface area contributed by atoms with E-state index in [1.165, 1.54) is 29.7 Å². The van der Waals surface area contributed by atoms with E-state index in [9.17, 15) is 31.2 Å². The molecule has 2 aromatic rings. The van der Waals surface area contributed by atoms with Crippen molar-refractivity contribution in [3.63, 3.8) is 0 Å². The first-order valence-electron chi connectivity index (χ1n) is 10.7. The molecule has 0 bridgehead atoms. The zero-order valence-corrected chi connectivity index (χ0v) is 21.4. The van der Waals surface area contributed by atoms with Gasteiger partial charge in [-0.05, 0) is 42.8 Å². The van der Waals surface area contributed by atoms with Crippen LogP contribution in [0.5, 0.6) is 0 Å². The number of rotatable bonds is 9. The van der Waals surface area contributed by atoms with E-state index in [0.29, 0.717) is 12.0 Å². The van der Waals surface area contributed by atoms with Gasteiger partial charge in [-0.3, -0.25) is 14.4 Å². The summed E-state index contributed by atoms with van der Waals surface area (Å²) in [6, 6.07) is 3.84. The molecule has 1 aliphatic heterocycles. The Bertz CT molecular complexity index is 1260. The van der Waals surface area contributed by atoms with Gasteiger partial charge in [-0.15, -0.1) is 0 Å². The lowest BCUT2D eigenvalue weighted by atomic mass is 10.1. The minimum Gasteiger partial charge on any atom is -0.344 e. The normalized spacial score (nSPS) is 18.4. The van der Waals surface area contributed by atoms with Crippen LogP contribution in [0, 0.1) is 0 Å². The van der Waals surface area contributed by atoms with Crippen LogP contribution in [0.15, 0.2) is 46.2 Å². The standard InChI is InChI=1S/C21H26N4O7S3/c1-34(29,30)12-8-17(24-20(27)15-7-11-33-14-15)21(28)23-16-5-4-10-25(13-18(16)26)35(31,32)19-6-2-3-9-22-19/h2-3,6-7,9,11,14,16-17H,4-5,8,10,12-13H2,1H3,(H,23,28)(H,24,27)/t16?,17-/m0/s1. The molecule has 0 aromatic carbocycles. The summed E-state index contributed by atoms with van der Waals surface area (Å²) in [6.07, 6.45) is 2.68. The van der Waals surface area contributed by atoms with Crippen LogP contribution in [-0.2, 0) is 29.4 Å². The minimum absolute atomic E-state index is 0.0728. The van der Waals surface area contributed by atoms with Crippen LogP contribution in [0.25, 0.3) is 0 Å². The summed E-state index contributed by atoms with van der Waals surface area (Å²) in [4.78, 5) is 42.2. The lowest BCUT2D eigenvalue weighted by Crippen LogP contribution is -2.52. The molecule has 3 heterocycles. The molecule has 2 aromatic heterocycles. The smallest absolute Gasteiger partial charge is 0.260 e. The molecule has 0 radical (unpaired) electrons. The van der Waals surface area contributed by atoms with Crippen LogP contribution in [0.1, 0.15) is 29.6 Å². The van der Waals surface area contributed by atoms with E-state index in [0.717, 1.165) is 10.6 Å². The first kappa shape index (κ1) is 26.9. The molecule has 190 valence electrons. The molecule has 0 aliphatic carbocycles. The predicted octanol–water partition coefficient (Wildman–Crippen LogP) is 0.215. The summed E-state index contributed by atoms with van der Waals surface area (Å²) in [6.45, 7) is -0.372. The van der Waals surface area contributed by atoms with E-state index in [1.807, 2.05) is 0 Å². The maximum atomic E-state index is 13.0. The van der Waals surface area contributed by atoms with Crippen molar-refractivity contribution in [3.05, 3.63) is 46.8 Å². The Balaban J connectivity index is 1.70. The highest BCUT2D eigenvalue weighted by atomic mass is 32.2. The molecule has 2 N–H and O–H groups in total. The zero-order chi connectivity index (χ0) is 25.6. The molecule has 0 spiro atoms. The van der Waals surface area contributed by atoms with Crippen LogP contribution >= 0.6 is 11.3 Å². The van der Waals surface area contributed by atoms with Crippen LogP contribution < -0.4 is 10.6 Å². The number of thiophene rings is 1. The van der Waals surface area contributed by atoms with E-state index < -0.39 is 56.1 Å². The van der Waals surface area contributed by atoms with Crippen molar-refractivity contribution in [3.8, 4) is 0 Å². The number of sulfonamides is 1. The molecule has 3 rings (SSSR count). The molecule has 1 fully saturated rings. The maximum absolute atomic E-state index is 13.0. The van der Waals surface area contributed by atoms with Crippen LogP contribution in [-0.4, -0.2) is 80.9 Å². The predicted molar refractivity (Wildman–Crippen MR) is 129 cm³/mol. The van der Waals surface area contributed by atoms with Crippen molar-refractivity contribution < 1.29 is 31.2 Å². The van der Waals surface area contributed by atoms with Gasteiger partial charge in [0.25, 0.3) is 15.9 Å². The Hall–Kier alpha value is -2.68. The average molecular weight is 543 g/mol. The largest absolute Gasteiger partial charge is 0.344 e. The molecule has 11 nitrogen and oxygen atoms in total. The monoisotopic (exact) mass is 542 g/mol. The van der Waals surface area contributed by atoms with E-state index in [2.05, 4.69) is 15.6 Å². The summed E-state index contributed by atoms with van der Waals surface area (Å²) in [5.74, 6) is -2.11. The van der Waals surface area contributed by atoms with Crippen LogP contribution in [0.3, 0.4) is 0 Å². The van der Waals surface area contributed by atoms with E-state index in [4.69, 9.17) is 0 Å². The fraction of sp³-hybridized carbons (Fsp3) is 0.429. The Labute approximate surface area is 207 Å². The number of hydrogen-bond acceptors (Lipinski definition) is 9. The number of aromatic nitrogens is 1. The zero-order valence-electron chi connectivity index (χ0n) is 18.9.